The molecular formula is C16H17F2NO2. The van der Waals surface area contributed by atoms with Crippen molar-refractivity contribution in [1.82, 2.24) is 5.32 Å². The zero-order chi connectivity index (χ0) is 15.1. The number of halogens is 2. The Bertz CT molecular complexity index is 549. The number of aliphatic hydroxyl groups excluding tert-OH is 1. The van der Waals surface area contributed by atoms with Crippen LogP contribution in [0.15, 0.2) is 54.6 Å². The topological polar surface area (TPSA) is 41.5 Å². The summed E-state index contributed by atoms with van der Waals surface area (Å²) in [5.41, 5.74) is 1.56. The second-order valence-electron chi connectivity index (χ2n) is 4.51. The molecule has 0 saturated carbocycles. The Balaban J connectivity index is 2.05. The van der Waals surface area contributed by atoms with Crippen molar-refractivity contribution in [2.75, 3.05) is 6.61 Å². The second-order valence-corrected chi connectivity index (χ2v) is 4.51. The van der Waals surface area contributed by atoms with Crippen LogP contribution in [0.5, 0.6) is 5.75 Å². The van der Waals surface area contributed by atoms with E-state index in [1.807, 2.05) is 30.3 Å². The van der Waals surface area contributed by atoms with Crippen molar-refractivity contribution < 1.29 is 18.6 Å². The highest BCUT2D eigenvalue weighted by molar-refractivity contribution is 5.33. The Morgan fingerprint density at radius 2 is 1.67 bits per heavy atom. The first-order valence-corrected chi connectivity index (χ1v) is 6.62. The van der Waals surface area contributed by atoms with Crippen LogP contribution in [0, 0.1) is 0 Å². The summed E-state index contributed by atoms with van der Waals surface area (Å²) in [6.45, 7) is -2.61. The Labute approximate surface area is 122 Å². The maximum atomic E-state index is 12.3. The molecule has 5 heteroatoms. The summed E-state index contributed by atoms with van der Waals surface area (Å²) in [6.07, 6.45) is 0. The highest BCUT2D eigenvalue weighted by atomic mass is 19.3. The minimum Gasteiger partial charge on any atom is -0.434 e. The fourth-order valence-electron chi connectivity index (χ4n) is 2.07. The third kappa shape index (κ3) is 4.51. The highest BCUT2D eigenvalue weighted by Gasteiger charge is 2.12. The fourth-order valence-corrected chi connectivity index (χ4v) is 2.07. The molecule has 0 aliphatic carbocycles. The molecule has 0 amide bonds. The summed E-state index contributed by atoms with van der Waals surface area (Å²) in [5, 5.41) is 12.6. The quantitative estimate of drug-likeness (QED) is 0.824. The average Bonchev–Trinajstić information content (AvgIpc) is 2.50. The number of hydrogen-bond acceptors (Lipinski definition) is 3. The third-order valence-corrected chi connectivity index (χ3v) is 3.11. The first kappa shape index (κ1) is 15.4. The molecule has 0 heterocycles. The summed E-state index contributed by atoms with van der Waals surface area (Å²) in [6, 6.07) is 15.8. The van der Waals surface area contributed by atoms with Crippen LogP contribution in [0.3, 0.4) is 0 Å². The fraction of sp³-hybridized carbons (Fsp3) is 0.250. The molecule has 0 aliphatic heterocycles. The molecule has 2 N–H and O–H groups in total. The van der Waals surface area contributed by atoms with Crippen LogP contribution >= 0.6 is 0 Å². The van der Waals surface area contributed by atoms with Gasteiger partial charge in [0.15, 0.2) is 0 Å². The molecule has 0 aromatic heterocycles. The summed E-state index contributed by atoms with van der Waals surface area (Å²) in [4.78, 5) is 0. The maximum absolute atomic E-state index is 12.3. The van der Waals surface area contributed by atoms with E-state index >= 15 is 0 Å². The lowest BCUT2D eigenvalue weighted by molar-refractivity contribution is -0.0505. The van der Waals surface area contributed by atoms with E-state index < -0.39 is 6.61 Å². The van der Waals surface area contributed by atoms with Gasteiger partial charge in [-0.2, -0.15) is 8.78 Å². The van der Waals surface area contributed by atoms with E-state index in [2.05, 4.69) is 10.1 Å². The summed E-state index contributed by atoms with van der Waals surface area (Å²) < 4.78 is 29.2. The molecule has 0 radical (unpaired) electrons. The van der Waals surface area contributed by atoms with E-state index in [1.165, 1.54) is 6.07 Å². The first-order valence-electron chi connectivity index (χ1n) is 6.62. The van der Waals surface area contributed by atoms with Crippen LogP contribution in [-0.2, 0) is 6.54 Å². The normalized spacial score (nSPS) is 12.4. The standard InChI is InChI=1S/C16H17F2NO2/c17-16(18)21-15-9-5-4-8-13(15)10-19-14(11-20)12-6-2-1-3-7-12/h1-9,14,16,19-20H,10-11H2. The molecule has 0 aliphatic rings. The molecule has 112 valence electrons. The molecule has 2 rings (SSSR count). The predicted octanol–water partition coefficient (Wildman–Crippen LogP) is 3.11. The van der Waals surface area contributed by atoms with Gasteiger partial charge in [-0.05, 0) is 11.6 Å². The Morgan fingerprint density at radius 1 is 1.00 bits per heavy atom. The zero-order valence-corrected chi connectivity index (χ0v) is 11.4. The van der Waals surface area contributed by atoms with E-state index in [-0.39, 0.29) is 18.4 Å². The number of rotatable bonds is 7. The van der Waals surface area contributed by atoms with Gasteiger partial charge in [0.25, 0.3) is 0 Å². The Kier molecular flexibility index (Phi) is 5.66. The summed E-state index contributed by atoms with van der Waals surface area (Å²) >= 11 is 0. The number of ether oxygens (including phenoxy) is 1. The first-order chi connectivity index (χ1) is 10.2. The van der Waals surface area contributed by atoms with Crippen LogP contribution in [-0.4, -0.2) is 18.3 Å². The lowest BCUT2D eigenvalue weighted by Crippen LogP contribution is -2.24. The average molecular weight is 293 g/mol. The molecule has 0 fully saturated rings. The Hall–Kier alpha value is -1.98. The predicted molar refractivity (Wildman–Crippen MR) is 76.2 cm³/mol. The lowest BCUT2D eigenvalue weighted by atomic mass is 10.1. The maximum Gasteiger partial charge on any atom is 0.387 e. The van der Waals surface area contributed by atoms with Gasteiger partial charge < -0.3 is 15.2 Å². The summed E-state index contributed by atoms with van der Waals surface area (Å²) in [7, 11) is 0. The third-order valence-electron chi connectivity index (χ3n) is 3.11. The largest absolute Gasteiger partial charge is 0.434 e. The van der Waals surface area contributed by atoms with Crippen LogP contribution in [0.4, 0.5) is 8.78 Å². The van der Waals surface area contributed by atoms with Gasteiger partial charge in [0.1, 0.15) is 5.75 Å². The number of benzene rings is 2. The van der Waals surface area contributed by atoms with Gasteiger partial charge in [0.2, 0.25) is 0 Å². The summed E-state index contributed by atoms with van der Waals surface area (Å²) in [5.74, 6) is 0.143. The van der Waals surface area contributed by atoms with Crippen LogP contribution in [0.25, 0.3) is 0 Å². The van der Waals surface area contributed by atoms with Crippen molar-refractivity contribution in [3.8, 4) is 5.75 Å². The smallest absolute Gasteiger partial charge is 0.387 e. The van der Waals surface area contributed by atoms with Crippen molar-refractivity contribution in [1.29, 1.82) is 0 Å². The second kappa shape index (κ2) is 7.71. The van der Waals surface area contributed by atoms with Gasteiger partial charge in [0, 0.05) is 12.1 Å². The van der Waals surface area contributed by atoms with Gasteiger partial charge in [-0.1, -0.05) is 48.5 Å². The minimum absolute atomic E-state index is 0.0815. The van der Waals surface area contributed by atoms with E-state index in [0.717, 1.165) is 5.56 Å². The van der Waals surface area contributed by atoms with Crippen molar-refractivity contribution in [2.45, 2.75) is 19.2 Å². The van der Waals surface area contributed by atoms with Crippen molar-refractivity contribution in [3.05, 3.63) is 65.7 Å². The Morgan fingerprint density at radius 3 is 2.33 bits per heavy atom. The number of aliphatic hydroxyl groups is 1. The minimum atomic E-state index is -2.85. The van der Waals surface area contributed by atoms with Gasteiger partial charge in [-0.3, -0.25) is 0 Å². The van der Waals surface area contributed by atoms with Gasteiger partial charge >= 0.3 is 6.61 Å². The van der Waals surface area contributed by atoms with Crippen LogP contribution < -0.4 is 10.1 Å². The number of hydrogen-bond donors (Lipinski definition) is 2. The van der Waals surface area contributed by atoms with E-state index in [4.69, 9.17) is 0 Å². The number of nitrogens with one attached hydrogen (secondary N) is 1. The molecule has 21 heavy (non-hydrogen) atoms. The molecular weight excluding hydrogens is 276 g/mol. The molecule has 0 saturated heterocycles. The van der Waals surface area contributed by atoms with Crippen molar-refractivity contribution in [3.63, 3.8) is 0 Å². The van der Waals surface area contributed by atoms with Gasteiger partial charge in [-0.15, -0.1) is 0 Å². The molecule has 1 unspecified atom stereocenters. The lowest BCUT2D eigenvalue weighted by Gasteiger charge is -2.18. The van der Waals surface area contributed by atoms with Crippen molar-refractivity contribution in [2.24, 2.45) is 0 Å². The molecule has 2 aromatic carbocycles. The molecule has 0 bridgehead atoms. The van der Waals surface area contributed by atoms with E-state index in [9.17, 15) is 13.9 Å². The van der Waals surface area contributed by atoms with Crippen LogP contribution in [0.2, 0.25) is 0 Å². The molecule has 3 nitrogen and oxygen atoms in total. The van der Waals surface area contributed by atoms with E-state index in [1.54, 1.807) is 18.2 Å². The van der Waals surface area contributed by atoms with Crippen LogP contribution in [0.1, 0.15) is 17.2 Å². The SMILES string of the molecule is OCC(NCc1ccccc1OC(F)F)c1ccccc1. The zero-order valence-electron chi connectivity index (χ0n) is 11.4. The van der Waals surface area contributed by atoms with Gasteiger partial charge in [-0.25, -0.2) is 0 Å². The highest BCUT2D eigenvalue weighted by Crippen LogP contribution is 2.21. The van der Waals surface area contributed by atoms with Gasteiger partial charge in [0.05, 0.1) is 12.6 Å². The molecule has 0 spiro atoms. The molecule has 2 aromatic rings. The van der Waals surface area contributed by atoms with E-state index in [0.29, 0.717) is 12.1 Å². The number of para-hydroxylation sites is 1. The monoisotopic (exact) mass is 293 g/mol. The molecule has 1 atom stereocenters. The van der Waals surface area contributed by atoms with Crippen molar-refractivity contribution >= 4 is 0 Å². The number of alkyl halides is 2.